The van der Waals surface area contributed by atoms with Crippen molar-refractivity contribution in [1.82, 2.24) is 4.90 Å². The molecular weight excluding hydrogens is 352 g/mol. The van der Waals surface area contributed by atoms with Crippen LogP contribution >= 0.6 is 11.8 Å². The number of carboxylic acid groups (broad SMARTS) is 1. The number of phenols is 1. The van der Waals surface area contributed by atoms with Crippen LogP contribution in [-0.4, -0.2) is 39.2 Å². The summed E-state index contributed by atoms with van der Waals surface area (Å²) in [4.78, 5) is 30.1. The van der Waals surface area contributed by atoms with Crippen LogP contribution in [0, 0.1) is 0 Å². The van der Waals surface area contributed by atoms with Gasteiger partial charge < -0.3 is 10.2 Å². The maximum absolute atomic E-state index is 12.6. The fourth-order valence-corrected chi connectivity index (χ4v) is 3.49. The number of nitrogens with zero attached hydrogens (tertiary/aromatic N) is 2. The number of hydrogen-bond acceptors (Lipinski definition) is 5. The van der Waals surface area contributed by atoms with Crippen LogP contribution < -0.4 is 0 Å². The maximum atomic E-state index is 12.6. The van der Waals surface area contributed by atoms with Gasteiger partial charge in [0.05, 0.1) is 16.2 Å². The van der Waals surface area contributed by atoms with Crippen LogP contribution in [0.15, 0.2) is 58.4 Å². The van der Waals surface area contributed by atoms with Crippen LogP contribution in [0.5, 0.6) is 5.75 Å². The van der Waals surface area contributed by atoms with Crippen molar-refractivity contribution in [3.63, 3.8) is 0 Å². The van der Waals surface area contributed by atoms with Gasteiger partial charge in [0.1, 0.15) is 5.75 Å². The number of allylic oxidation sites excluding steroid dienone is 1. The van der Waals surface area contributed by atoms with E-state index in [4.69, 9.17) is 5.11 Å². The highest BCUT2D eigenvalue weighted by atomic mass is 32.2. The van der Waals surface area contributed by atoms with Crippen LogP contribution in [0.25, 0.3) is 5.57 Å². The zero-order valence-electron chi connectivity index (χ0n) is 14.1. The molecule has 1 fully saturated rings. The number of aromatic hydroxyl groups is 1. The summed E-state index contributed by atoms with van der Waals surface area (Å²) in [6, 6.07) is 12.9. The third-order valence-corrected chi connectivity index (χ3v) is 5.17. The number of carbonyl (C=O) groups is 2. The first-order chi connectivity index (χ1) is 12.4. The standard InChI is InChI=1S/C19H16N2O4S/c1-11(12-6-8-15(22)9-7-12)16-17(23)21(2)19(26-16)20-14-5-3-4-13(10-14)18(24)25/h3-10,22H,1-2H3,(H,24,25)/b16-11-,20-19?. The Bertz CT molecular complexity index is 948. The van der Waals surface area contributed by atoms with Gasteiger partial charge in [-0.25, -0.2) is 9.79 Å². The fraction of sp³-hybridized carbons (Fsp3) is 0.105. The molecule has 0 radical (unpaired) electrons. The van der Waals surface area contributed by atoms with Crippen LogP contribution in [-0.2, 0) is 4.79 Å². The smallest absolute Gasteiger partial charge is 0.335 e. The van der Waals surface area contributed by atoms with Gasteiger partial charge in [0.15, 0.2) is 5.17 Å². The molecule has 6 nitrogen and oxygen atoms in total. The second-order valence-corrected chi connectivity index (χ2v) is 6.69. The number of amidine groups is 1. The first-order valence-corrected chi connectivity index (χ1v) is 8.56. The van der Waals surface area contributed by atoms with Gasteiger partial charge >= 0.3 is 5.97 Å². The molecule has 1 heterocycles. The van der Waals surface area contributed by atoms with Crippen molar-refractivity contribution in [2.75, 3.05) is 7.05 Å². The fourth-order valence-electron chi connectivity index (χ4n) is 2.44. The Hall–Kier alpha value is -3.06. The van der Waals surface area contributed by atoms with Crippen molar-refractivity contribution in [3.05, 3.63) is 64.6 Å². The second kappa shape index (κ2) is 7.05. The van der Waals surface area contributed by atoms with Crippen molar-refractivity contribution >= 4 is 40.1 Å². The molecule has 0 saturated carbocycles. The lowest BCUT2D eigenvalue weighted by Crippen LogP contribution is -2.23. The minimum Gasteiger partial charge on any atom is -0.508 e. The van der Waals surface area contributed by atoms with Crippen molar-refractivity contribution in [2.45, 2.75) is 6.92 Å². The number of hydrogen-bond donors (Lipinski definition) is 2. The third-order valence-electron chi connectivity index (χ3n) is 3.94. The summed E-state index contributed by atoms with van der Waals surface area (Å²) >= 11 is 1.24. The summed E-state index contributed by atoms with van der Waals surface area (Å²) in [5.74, 6) is -1.04. The average molecular weight is 368 g/mol. The van der Waals surface area contributed by atoms with E-state index in [-0.39, 0.29) is 17.2 Å². The summed E-state index contributed by atoms with van der Waals surface area (Å²) in [7, 11) is 1.63. The SMILES string of the molecule is C/C(=C1/SC(=Nc2cccc(C(=O)O)c2)N(C)C1=O)c1ccc(O)cc1. The molecule has 2 aromatic carbocycles. The number of aromatic carboxylic acids is 1. The molecule has 1 amide bonds. The van der Waals surface area contributed by atoms with E-state index in [0.29, 0.717) is 15.8 Å². The van der Waals surface area contributed by atoms with E-state index in [2.05, 4.69) is 4.99 Å². The number of phenolic OH excluding ortho intramolecular Hbond substituents is 1. The number of aliphatic imine (C=N–C) groups is 1. The molecule has 0 spiro atoms. The largest absolute Gasteiger partial charge is 0.508 e. The van der Waals surface area contributed by atoms with Gasteiger partial charge in [0, 0.05) is 7.05 Å². The van der Waals surface area contributed by atoms with Crippen LogP contribution in [0.2, 0.25) is 0 Å². The lowest BCUT2D eigenvalue weighted by molar-refractivity contribution is -0.121. The maximum Gasteiger partial charge on any atom is 0.335 e. The summed E-state index contributed by atoms with van der Waals surface area (Å²) in [5.41, 5.74) is 2.23. The number of carbonyl (C=O) groups excluding carboxylic acids is 1. The number of benzene rings is 2. The molecule has 1 aliphatic rings. The minimum atomic E-state index is -1.03. The van der Waals surface area contributed by atoms with E-state index >= 15 is 0 Å². The minimum absolute atomic E-state index is 0.139. The Morgan fingerprint density at radius 1 is 1.12 bits per heavy atom. The summed E-state index contributed by atoms with van der Waals surface area (Å²) in [5, 5.41) is 19.0. The summed E-state index contributed by atoms with van der Waals surface area (Å²) in [6.45, 7) is 1.84. The van der Waals surface area contributed by atoms with E-state index in [0.717, 1.165) is 11.1 Å². The van der Waals surface area contributed by atoms with Crippen molar-refractivity contribution in [1.29, 1.82) is 0 Å². The topological polar surface area (TPSA) is 90.2 Å². The van der Waals surface area contributed by atoms with Gasteiger partial charge in [-0.3, -0.25) is 9.69 Å². The quantitative estimate of drug-likeness (QED) is 0.806. The Balaban J connectivity index is 1.96. The molecular formula is C19H16N2O4S. The number of carboxylic acids is 1. The molecule has 7 heteroatoms. The van der Waals surface area contributed by atoms with Gasteiger partial charge in [-0.2, -0.15) is 0 Å². The monoisotopic (exact) mass is 368 g/mol. The normalized spacial score (nSPS) is 17.7. The van der Waals surface area contributed by atoms with E-state index in [9.17, 15) is 14.7 Å². The predicted molar refractivity (Wildman–Crippen MR) is 102 cm³/mol. The average Bonchev–Trinajstić information content (AvgIpc) is 2.90. The van der Waals surface area contributed by atoms with Gasteiger partial charge in [-0.05, 0) is 60.2 Å². The Kier molecular flexibility index (Phi) is 4.81. The van der Waals surface area contributed by atoms with Crippen molar-refractivity contribution in [3.8, 4) is 5.75 Å². The third kappa shape index (κ3) is 3.48. The molecule has 0 bridgehead atoms. The summed E-state index contributed by atoms with van der Waals surface area (Å²) in [6.07, 6.45) is 0. The number of amides is 1. The molecule has 2 N–H and O–H groups in total. The molecule has 1 saturated heterocycles. The van der Waals surface area contributed by atoms with E-state index < -0.39 is 5.97 Å². The Morgan fingerprint density at radius 2 is 1.81 bits per heavy atom. The van der Waals surface area contributed by atoms with Gasteiger partial charge in [0.25, 0.3) is 5.91 Å². The lowest BCUT2D eigenvalue weighted by Gasteiger charge is -2.07. The van der Waals surface area contributed by atoms with Gasteiger partial charge in [-0.15, -0.1) is 0 Å². The highest BCUT2D eigenvalue weighted by Gasteiger charge is 2.32. The molecule has 0 unspecified atom stereocenters. The first kappa shape index (κ1) is 17.8. The lowest BCUT2D eigenvalue weighted by atomic mass is 10.1. The highest BCUT2D eigenvalue weighted by Crippen LogP contribution is 2.37. The molecule has 1 aliphatic heterocycles. The van der Waals surface area contributed by atoms with E-state index in [1.54, 1.807) is 43.4 Å². The Morgan fingerprint density at radius 3 is 2.46 bits per heavy atom. The van der Waals surface area contributed by atoms with Gasteiger partial charge in [0.2, 0.25) is 0 Å². The van der Waals surface area contributed by atoms with E-state index in [1.165, 1.54) is 28.8 Å². The second-order valence-electron chi connectivity index (χ2n) is 5.72. The molecule has 0 aromatic heterocycles. The van der Waals surface area contributed by atoms with Crippen LogP contribution in [0.4, 0.5) is 5.69 Å². The molecule has 26 heavy (non-hydrogen) atoms. The molecule has 2 aromatic rings. The van der Waals surface area contributed by atoms with Crippen molar-refractivity contribution in [2.24, 2.45) is 4.99 Å². The predicted octanol–water partition coefficient (Wildman–Crippen LogP) is 3.71. The Labute approximate surface area is 154 Å². The van der Waals surface area contributed by atoms with E-state index in [1.807, 2.05) is 6.92 Å². The number of thioether (sulfide) groups is 1. The molecule has 0 atom stereocenters. The number of rotatable bonds is 3. The van der Waals surface area contributed by atoms with Crippen LogP contribution in [0.1, 0.15) is 22.8 Å². The molecule has 0 aliphatic carbocycles. The molecule has 132 valence electrons. The van der Waals surface area contributed by atoms with Gasteiger partial charge in [-0.1, -0.05) is 18.2 Å². The highest BCUT2D eigenvalue weighted by molar-refractivity contribution is 8.18. The molecule has 3 rings (SSSR count). The van der Waals surface area contributed by atoms with Crippen molar-refractivity contribution < 1.29 is 19.8 Å². The zero-order valence-corrected chi connectivity index (χ0v) is 14.9. The zero-order chi connectivity index (χ0) is 18.8. The summed E-state index contributed by atoms with van der Waals surface area (Å²) < 4.78 is 0. The number of likely N-dealkylation sites (N-methyl/N-ethyl adjacent to an activating group) is 1. The van der Waals surface area contributed by atoms with Crippen LogP contribution in [0.3, 0.4) is 0 Å². The first-order valence-electron chi connectivity index (χ1n) is 7.75.